The monoisotopic (exact) mass is 319 g/mol. The molecule has 1 nitrogen and oxygen atoms in total. The molecule has 4 heteroatoms. The van der Waals surface area contributed by atoms with Gasteiger partial charge in [0.15, 0.2) is 0 Å². The second kappa shape index (κ2) is 8.09. The average Bonchev–Trinajstić information content (AvgIpc) is 2.49. The summed E-state index contributed by atoms with van der Waals surface area (Å²) in [6.07, 6.45) is 0. The largest absolute Gasteiger partial charge is 0.320 e. The van der Waals surface area contributed by atoms with Crippen molar-refractivity contribution in [3.63, 3.8) is 0 Å². The molecule has 0 aromatic heterocycles. The fourth-order valence-electron chi connectivity index (χ4n) is 1.80. The quantitative estimate of drug-likeness (QED) is 0.854. The highest BCUT2D eigenvalue weighted by atomic mass is 35.5. The van der Waals surface area contributed by atoms with E-state index in [4.69, 9.17) is 17.3 Å². The molecular weight excluding hydrogens is 305 g/mol. The Bertz CT molecular complexity index is 676. The minimum atomic E-state index is -0.309. The lowest BCUT2D eigenvalue weighted by atomic mass is 10.1. The third kappa shape index (κ3) is 4.78. The van der Waals surface area contributed by atoms with Crippen molar-refractivity contribution >= 4 is 23.4 Å². The van der Waals surface area contributed by atoms with Crippen LogP contribution in [0.2, 0.25) is 5.02 Å². The van der Waals surface area contributed by atoms with Crippen LogP contribution in [0, 0.1) is 17.7 Å². The van der Waals surface area contributed by atoms with E-state index in [0.29, 0.717) is 5.56 Å². The summed E-state index contributed by atoms with van der Waals surface area (Å²) < 4.78 is 13.6. The molecule has 0 atom stereocenters. The number of rotatable bonds is 4. The van der Waals surface area contributed by atoms with E-state index in [1.807, 2.05) is 24.3 Å². The maximum atomic E-state index is 13.6. The third-order valence-corrected chi connectivity index (χ3v) is 4.26. The molecule has 0 radical (unpaired) electrons. The highest BCUT2D eigenvalue weighted by molar-refractivity contribution is 7.97. The Labute approximate surface area is 133 Å². The lowest BCUT2D eigenvalue weighted by Gasteiger charge is -2.05. The molecule has 0 fully saturated rings. The Morgan fingerprint density at radius 3 is 2.71 bits per heavy atom. The highest BCUT2D eigenvalue weighted by Gasteiger charge is 2.03. The molecule has 0 spiro atoms. The van der Waals surface area contributed by atoms with Gasteiger partial charge in [0.25, 0.3) is 0 Å². The Morgan fingerprint density at radius 1 is 1.14 bits per heavy atom. The number of hydrogen-bond donors (Lipinski definition) is 1. The summed E-state index contributed by atoms with van der Waals surface area (Å²) in [6.45, 7) is 0.227. The van der Waals surface area contributed by atoms with Crippen LogP contribution in [0.25, 0.3) is 0 Å². The molecule has 2 aromatic rings. The maximum Gasteiger partial charge on any atom is 0.138 e. The highest BCUT2D eigenvalue weighted by Crippen LogP contribution is 2.23. The number of thioether (sulfide) groups is 1. The van der Waals surface area contributed by atoms with Gasteiger partial charge in [0.1, 0.15) is 5.82 Å². The van der Waals surface area contributed by atoms with E-state index < -0.39 is 0 Å². The molecular formula is C17H15ClFNS. The van der Waals surface area contributed by atoms with Crippen molar-refractivity contribution in [2.45, 2.75) is 11.5 Å². The van der Waals surface area contributed by atoms with Gasteiger partial charge in [0, 0.05) is 16.5 Å². The number of halogens is 2. The maximum absolute atomic E-state index is 13.6. The molecule has 0 saturated carbocycles. The van der Waals surface area contributed by atoms with E-state index in [0.717, 1.165) is 27.7 Å². The van der Waals surface area contributed by atoms with Crippen LogP contribution in [0.1, 0.15) is 16.7 Å². The topological polar surface area (TPSA) is 26.0 Å². The molecule has 0 amide bonds. The molecule has 2 rings (SSSR count). The van der Waals surface area contributed by atoms with Crippen molar-refractivity contribution in [1.29, 1.82) is 0 Å². The first kappa shape index (κ1) is 15.9. The van der Waals surface area contributed by atoms with Gasteiger partial charge in [0.05, 0.1) is 12.1 Å². The van der Waals surface area contributed by atoms with E-state index >= 15 is 0 Å². The first-order valence-corrected chi connectivity index (χ1v) is 8.02. The second-order valence-electron chi connectivity index (χ2n) is 4.40. The Morgan fingerprint density at radius 2 is 1.95 bits per heavy atom. The van der Waals surface area contributed by atoms with Gasteiger partial charge in [-0.25, -0.2) is 4.39 Å². The van der Waals surface area contributed by atoms with Gasteiger partial charge in [-0.2, -0.15) is 11.8 Å². The van der Waals surface area contributed by atoms with Gasteiger partial charge in [0.2, 0.25) is 0 Å². The Hall–Kier alpha value is -1.47. The van der Waals surface area contributed by atoms with E-state index in [1.54, 1.807) is 23.9 Å². The summed E-state index contributed by atoms with van der Waals surface area (Å²) in [6, 6.07) is 12.8. The standard InChI is InChI=1S/C17H15ClFNS/c18-16-6-2-1-4-15(16)12-21-11-13-7-8-17(19)14(10-13)5-3-9-20/h1-2,4,6-8,10H,9,11-12,20H2. The summed E-state index contributed by atoms with van der Waals surface area (Å²) in [4.78, 5) is 0. The number of nitrogens with two attached hydrogens (primary N) is 1. The van der Waals surface area contributed by atoms with Gasteiger partial charge in [-0.3, -0.25) is 0 Å². The van der Waals surface area contributed by atoms with Crippen molar-refractivity contribution in [3.05, 3.63) is 70.0 Å². The Balaban J connectivity index is 1.99. The summed E-state index contributed by atoms with van der Waals surface area (Å²) in [5, 5.41) is 0.776. The van der Waals surface area contributed by atoms with Crippen LogP contribution in [-0.2, 0) is 11.5 Å². The number of benzene rings is 2. The minimum absolute atomic E-state index is 0.227. The van der Waals surface area contributed by atoms with Gasteiger partial charge < -0.3 is 5.73 Å². The summed E-state index contributed by atoms with van der Waals surface area (Å²) in [5.74, 6) is 6.72. The van der Waals surface area contributed by atoms with Crippen LogP contribution in [0.3, 0.4) is 0 Å². The SMILES string of the molecule is NCC#Cc1cc(CSCc2ccccc2Cl)ccc1F. The fourth-order valence-corrected chi connectivity index (χ4v) is 3.07. The zero-order valence-corrected chi connectivity index (χ0v) is 13.0. The number of hydrogen-bond acceptors (Lipinski definition) is 2. The summed E-state index contributed by atoms with van der Waals surface area (Å²) in [7, 11) is 0. The van der Waals surface area contributed by atoms with E-state index in [2.05, 4.69) is 11.8 Å². The molecule has 0 heterocycles. The van der Waals surface area contributed by atoms with Gasteiger partial charge in [-0.15, -0.1) is 0 Å². The molecule has 0 bridgehead atoms. The minimum Gasteiger partial charge on any atom is -0.320 e. The lowest BCUT2D eigenvalue weighted by Crippen LogP contribution is -1.94. The van der Waals surface area contributed by atoms with Crippen LogP contribution < -0.4 is 5.73 Å². The predicted octanol–water partition coefficient (Wildman–Crippen LogP) is 4.22. The molecule has 21 heavy (non-hydrogen) atoms. The van der Waals surface area contributed by atoms with Crippen molar-refractivity contribution in [2.75, 3.05) is 6.54 Å². The summed E-state index contributed by atoms with van der Waals surface area (Å²) in [5.41, 5.74) is 7.85. The lowest BCUT2D eigenvalue weighted by molar-refractivity contribution is 0.624. The van der Waals surface area contributed by atoms with Gasteiger partial charge in [-0.05, 0) is 29.3 Å². The van der Waals surface area contributed by atoms with Crippen LogP contribution in [0.5, 0.6) is 0 Å². The zero-order chi connectivity index (χ0) is 15.1. The van der Waals surface area contributed by atoms with Crippen molar-refractivity contribution in [3.8, 4) is 11.8 Å². The van der Waals surface area contributed by atoms with Crippen molar-refractivity contribution in [2.24, 2.45) is 5.73 Å². The molecule has 0 aliphatic rings. The molecule has 108 valence electrons. The van der Waals surface area contributed by atoms with E-state index in [9.17, 15) is 4.39 Å². The third-order valence-electron chi connectivity index (χ3n) is 2.84. The van der Waals surface area contributed by atoms with Crippen LogP contribution in [0.4, 0.5) is 4.39 Å². The second-order valence-corrected chi connectivity index (χ2v) is 5.80. The summed E-state index contributed by atoms with van der Waals surface area (Å²) >= 11 is 7.85. The van der Waals surface area contributed by atoms with Gasteiger partial charge in [-0.1, -0.05) is 47.7 Å². The fraction of sp³-hybridized carbons (Fsp3) is 0.176. The smallest absolute Gasteiger partial charge is 0.138 e. The van der Waals surface area contributed by atoms with Crippen molar-refractivity contribution in [1.82, 2.24) is 0 Å². The van der Waals surface area contributed by atoms with Crippen LogP contribution in [0.15, 0.2) is 42.5 Å². The molecule has 2 N–H and O–H groups in total. The first-order chi connectivity index (χ1) is 10.2. The average molecular weight is 320 g/mol. The normalized spacial score (nSPS) is 10.0. The molecule has 0 aliphatic heterocycles. The van der Waals surface area contributed by atoms with E-state index in [1.165, 1.54) is 6.07 Å². The first-order valence-electron chi connectivity index (χ1n) is 6.49. The van der Waals surface area contributed by atoms with Crippen LogP contribution in [-0.4, -0.2) is 6.54 Å². The Kier molecular flexibility index (Phi) is 6.13. The van der Waals surface area contributed by atoms with E-state index in [-0.39, 0.29) is 12.4 Å². The predicted molar refractivity (Wildman–Crippen MR) is 88.8 cm³/mol. The van der Waals surface area contributed by atoms with Gasteiger partial charge >= 0.3 is 0 Å². The molecule has 0 unspecified atom stereocenters. The van der Waals surface area contributed by atoms with Crippen molar-refractivity contribution < 1.29 is 4.39 Å². The molecule has 0 aliphatic carbocycles. The molecule has 2 aromatic carbocycles. The van der Waals surface area contributed by atoms with Crippen LogP contribution >= 0.6 is 23.4 Å². The zero-order valence-electron chi connectivity index (χ0n) is 11.4. The molecule has 0 saturated heterocycles.